The summed E-state index contributed by atoms with van der Waals surface area (Å²) in [5, 5.41) is 6.35. The van der Waals surface area contributed by atoms with E-state index in [-0.39, 0.29) is 0 Å². The van der Waals surface area contributed by atoms with E-state index in [9.17, 15) is 0 Å². The molecule has 1 aromatic rings. The van der Waals surface area contributed by atoms with Crippen LogP contribution in [0.25, 0.3) is 0 Å². The van der Waals surface area contributed by atoms with Gasteiger partial charge in [-0.1, -0.05) is 32.1 Å². The third-order valence-corrected chi connectivity index (χ3v) is 4.12. The second-order valence-electron chi connectivity index (χ2n) is 4.86. The molecule has 4 nitrogen and oxygen atoms in total. The largest absolute Gasteiger partial charge is 0.369 e. The van der Waals surface area contributed by atoms with Crippen LogP contribution in [0.15, 0.2) is 10.7 Å². The minimum atomic E-state index is 0.651. The minimum absolute atomic E-state index is 0.651. The van der Waals surface area contributed by atoms with Crippen LogP contribution in [-0.4, -0.2) is 23.6 Å². The first kappa shape index (κ1) is 13.6. The van der Waals surface area contributed by atoms with Crippen LogP contribution in [0.3, 0.4) is 0 Å². The molecule has 18 heavy (non-hydrogen) atoms. The van der Waals surface area contributed by atoms with Gasteiger partial charge < -0.3 is 10.6 Å². The standard InChI is InChI=1S/C13H21BrN4/c1-15-13-17-9-11(14)12(18-13)16-8-7-10-5-3-2-4-6-10/h9-10H,2-8H2,1H3,(H2,15,16,17,18). The van der Waals surface area contributed by atoms with Crippen LogP contribution < -0.4 is 10.6 Å². The van der Waals surface area contributed by atoms with Crippen molar-refractivity contribution >= 4 is 27.7 Å². The number of anilines is 2. The van der Waals surface area contributed by atoms with E-state index in [1.807, 2.05) is 7.05 Å². The van der Waals surface area contributed by atoms with Gasteiger partial charge in [-0.2, -0.15) is 4.98 Å². The van der Waals surface area contributed by atoms with Crippen LogP contribution in [-0.2, 0) is 0 Å². The van der Waals surface area contributed by atoms with Gasteiger partial charge in [-0.15, -0.1) is 0 Å². The van der Waals surface area contributed by atoms with E-state index < -0.39 is 0 Å². The summed E-state index contributed by atoms with van der Waals surface area (Å²) < 4.78 is 0.921. The molecule has 1 aliphatic carbocycles. The predicted octanol–water partition coefficient (Wildman–Crippen LogP) is 3.66. The lowest BCUT2D eigenvalue weighted by Crippen LogP contribution is -2.13. The van der Waals surface area contributed by atoms with Crippen molar-refractivity contribution in [3.8, 4) is 0 Å². The van der Waals surface area contributed by atoms with Crippen LogP contribution >= 0.6 is 15.9 Å². The Morgan fingerprint density at radius 1 is 1.33 bits per heavy atom. The highest BCUT2D eigenvalue weighted by atomic mass is 79.9. The maximum atomic E-state index is 4.39. The lowest BCUT2D eigenvalue weighted by Gasteiger charge is -2.21. The van der Waals surface area contributed by atoms with E-state index in [4.69, 9.17) is 0 Å². The zero-order valence-electron chi connectivity index (χ0n) is 10.9. The van der Waals surface area contributed by atoms with Gasteiger partial charge in [0.25, 0.3) is 0 Å². The Morgan fingerprint density at radius 2 is 2.11 bits per heavy atom. The molecule has 2 N–H and O–H groups in total. The van der Waals surface area contributed by atoms with Crippen LogP contribution in [0.4, 0.5) is 11.8 Å². The number of hydrogen-bond donors (Lipinski definition) is 2. The number of nitrogens with one attached hydrogen (secondary N) is 2. The maximum Gasteiger partial charge on any atom is 0.224 e. The molecule has 5 heteroatoms. The average molecular weight is 313 g/mol. The molecular weight excluding hydrogens is 292 g/mol. The van der Waals surface area contributed by atoms with Crippen molar-refractivity contribution in [1.82, 2.24) is 9.97 Å². The van der Waals surface area contributed by atoms with E-state index in [0.29, 0.717) is 5.95 Å². The summed E-state index contributed by atoms with van der Waals surface area (Å²) in [5.74, 6) is 2.43. The molecule has 1 heterocycles. The number of nitrogens with zero attached hydrogens (tertiary/aromatic N) is 2. The normalized spacial score (nSPS) is 16.6. The van der Waals surface area contributed by atoms with Crippen LogP contribution in [0, 0.1) is 5.92 Å². The molecule has 0 bridgehead atoms. The van der Waals surface area contributed by atoms with Crippen molar-refractivity contribution in [1.29, 1.82) is 0 Å². The van der Waals surface area contributed by atoms with Crippen molar-refractivity contribution in [2.45, 2.75) is 38.5 Å². The van der Waals surface area contributed by atoms with Gasteiger partial charge in [-0.25, -0.2) is 4.98 Å². The van der Waals surface area contributed by atoms with Gasteiger partial charge in [-0.3, -0.25) is 0 Å². The van der Waals surface area contributed by atoms with Gasteiger partial charge in [0.1, 0.15) is 5.82 Å². The first-order valence-electron chi connectivity index (χ1n) is 6.73. The predicted molar refractivity (Wildman–Crippen MR) is 79.0 cm³/mol. The number of rotatable bonds is 5. The molecule has 0 unspecified atom stereocenters. The second-order valence-corrected chi connectivity index (χ2v) is 5.71. The number of aromatic nitrogens is 2. The summed E-state index contributed by atoms with van der Waals surface area (Å²) in [5.41, 5.74) is 0. The minimum Gasteiger partial charge on any atom is -0.369 e. The summed E-state index contributed by atoms with van der Waals surface area (Å²) in [6.07, 6.45) is 10.1. The van der Waals surface area contributed by atoms with Crippen molar-refractivity contribution in [2.24, 2.45) is 5.92 Å². The van der Waals surface area contributed by atoms with Gasteiger partial charge in [0.05, 0.1) is 4.47 Å². The molecule has 0 aromatic carbocycles. The van der Waals surface area contributed by atoms with Gasteiger partial charge in [0.15, 0.2) is 0 Å². The highest BCUT2D eigenvalue weighted by molar-refractivity contribution is 9.10. The third kappa shape index (κ3) is 3.83. The molecule has 0 spiro atoms. The highest BCUT2D eigenvalue weighted by Crippen LogP contribution is 2.26. The molecule has 1 saturated carbocycles. The van der Waals surface area contributed by atoms with Gasteiger partial charge >= 0.3 is 0 Å². The van der Waals surface area contributed by atoms with Crippen molar-refractivity contribution < 1.29 is 0 Å². The van der Waals surface area contributed by atoms with Crippen molar-refractivity contribution in [2.75, 3.05) is 24.2 Å². The molecule has 2 rings (SSSR count). The summed E-state index contributed by atoms with van der Waals surface area (Å²) in [7, 11) is 1.83. The topological polar surface area (TPSA) is 49.8 Å². The quantitative estimate of drug-likeness (QED) is 0.871. The fourth-order valence-corrected chi connectivity index (χ4v) is 2.81. The summed E-state index contributed by atoms with van der Waals surface area (Å²) in [6.45, 7) is 0.990. The first-order chi connectivity index (χ1) is 8.79. The lowest BCUT2D eigenvalue weighted by molar-refractivity contribution is 0.345. The molecule has 1 fully saturated rings. The zero-order valence-corrected chi connectivity index (χ0v) is 12.5. The van der Waals surface area contributed by atoms with Crippen molar-refractivity contribution in [3.63, 3.8) is 0 Å². The Kier molecular flexibility index (Phi) is 5.23. The Bertz CT molecular complexity index is 377. The molecular formula is C13H21BrN4. The smallest absolute Gasteiger partial charge is 0.224 e. The monoisotopic (exact) mass is 312 g/mol. The fourth-order valence-electron chi connectivity index (χ4n) is 2.48. The van der Waals surface area contributed by atoms with E-state index in [1.165, 1.54) is 38.5 Å². The maximum absolute atomic E-state index is 4.39. The molecule has 100 valence electrons. The van der Waals surface area contributed by atoms with E-state index in [0.717, 1.165) is 22.8 Å². The van der Waals surface area contributed by atoms with Crippen molar-refractivity contribution in [3.05, 3.63) is 10.7 Å². The van der Waals surface area contributed by atoms with E-state index >= 15 is 0 Å². The molecule has 0 radical (unpaired) electrons. The Labute approximate surface area is 117 Å². The number of hydrogen-bond acceptors (Lipinski definition) is 4. The van der Waals surface area contributed by atoms with E-state index in [2.05, 4.69) is 36.5 Å². The Balaban J connectivity index is 1.81. The molecule has 0 saturated heterocycles. The Hall–Kier alpha value is -0.840. The molecule has 0 amide bonds. The van der Waals surface area contributed by atoms with E-state index in [1.54, 1.807) is 6.20 Å². The molecule has 1 aliphatic rings. The van der Waals surface area contributed by atoms with Crippen LogP contribution in [0.1, 0.15) is 38.5 Å². The first-order valence-corrected chi connectivity index (χ1v) is 7.53. The second kappa shape index (κ2) is 6.92. The van der Waals surface area contributed by atoms with Gasteiger partial charge in [-0.05, 0) is 28.3 Å². The summed E-state index contributed by atoms with van der Waals surface area (Å²) >= 11 is 3.47. The molecule has 1 aromatic heterocycles. The number of halogens is 1. The SMILES string of the molecule is CNc1ncc(Br)c(NCCC2CCCCC2)n1. The van der Waals surface area contributed by atoms with Crippen LogP contribution in [0.5, 0.6) is 0 Å². The van der Waals surface area contributed by atoms with Gasteiger partial charge in [0.2, 0.25) is 5.95 Å². The summed E-state index contributed by atoms with van der Waals surface area (Å²) in [4.78, 5) is 8.54. The zero-order chi connectivity index (χ0) is 12.8. The molecule has 0 atom stereocenters. The highest BCUT2D eigenvalue weighted by Gasteiger charge is 2.13. The van der Waals surface area contributed by atoms with Gasteiger partial charge in [0, 0.05) is 19.8 Å². The molecule has 0 aliphatic heterocycles. The average Bonchev–Trinajstić information content (AvgIpc) is 2.42. The fraction of sp³-hybridized carbons (Fsp3) is 0.692. The summed E-state index contributed by atoms with van der Waals surface area (Å²) in [6, 6.07) is 0. The lowest BCUT2D eigenvalue weighted by atomic mass is 9.87. The Morgan fingerprint density at radius 3 is 2.83 bits per heavy atom. The third-order valence-electron chi connectivity index (χ3n) is 3.54. The van der Waals surface area contributed by atoms with Crippen LogP contribution in [0.2, 0.25) is 0 Å².